The molecule has 0 spiro atoms. The van der Waals surface area contributed by atoms with E-state index < -0.39 is 0 Å². The molecule has 1 aromatic heterocycles. The summed E-state index contributed by atoms with van der Waals surface area (Å²) < 4.78 is 5.70. The zero-order chi connectivity index (χ0) is 9.26. The minimum absolute atomic E-state index is 0.287. The first kappa shape index (κ1) is 8.48. The third kappa shape index (κ3) is 1.97. The van der Waals surface area contributed by atoms with Gasteiger partial charge in [0.05, 0.1) is 5.69 Å². The zero-order valence-corrected chi connectivity index (χ0v) is 8.03. The number of ether oxygens (including phenoxy) is 1. The highest BCUT2D eigenvalue weighted by atomic mass is 16.5. The van der Waals surface area contributed by atoms with Crippen LogP contribution in [0.1, 0.15) is 25.5 Å². The molecular formula is C10H14N2O. The normalized spacial score (nSPS) is 18.3. The van der Waals surface area contributed by atoms with Crippen molar-refractivity contribution in [3.63, 3.8) is 0 Å². The van der Waals surface area contributed by atoms with Crippen LogP contribution < -0.4 is 4.74 Å². The van der Waals surface area contributed by atoms with Gasteiger partial charge in [-0.15, -0.1) is 0 Å². The van der Waals surface area contributed by atoms with Gasteiger partial charge in [-0.2, -0.15) is 0 Å². The number of hydrogen-bond donors (Lipinski definition) is 0. The largest absolute Gasteiger partial charge is 0.473 e. The highest BCUT2D eigenvalue weighted by Crippen LogP contribution is 2.34. The van der Waals surface area contributed by atoms with E-state index in [1.807, 2.05) is 6.92 Å². The van der Waals surface area contributed by atoms with Crippen LogP contribution in [0.2, 0.25) is 0 Å². The van der Waals surface area contributed by atoms with Gasteiger partial charge in [0.15, 0.2) is 0 Å². The molecule has 0 N–H and O–H groups in total. The topological polar surface area (TPSA) is 35.0 Å². The summed E-state index contributed by atoms with van der Waals surface area (Å²) in [5.41, 5.74) is 0.870. The van der Waals surface area contributed by atoms with E-state index in [1.165, 1.54) is 12.8 Å². The highest BCUT2D eigenvalue weighted by molar-refractivity contribution is 5.15. The van der Waals surface area contributed by atoms with E-state index in [4.69, 9.17) is 4.74 Å². The molecule has 0 radical (unpaired) electrons. The molecule has 1 saturated carbocycles. The average Bonchev–Trinajstić information content (AvgIpc) is 2.91. The Bertz CT molecular complexity index is 297. The first-order valence-corrected chi connectivity index (χ1v) is 4.71. The Morgan fingerprint density at radius 2 is 2.08 bits per heavy atom. The maximum Gasteiger partial charge on any atom is 0.235 e. The molecule has 3 nitrogen and oxygen atoms in total. The van der Waals surface area contributed by atoms with Crippen LogP contribution in [0.3, 0.4) is 0 Å². The SMILES string of the molecule is Cc1nccnc1OC(C)C1CC1. The van der Waals surface area contributed by atoms with Crippen LogP contribution in [0.25, 0.3) is 0 Å². The second kappa shape index (κ2) is 3.32. The summed E-state index contributed by atoms with van der Waals surface area (Å²) in [5.74, 6) is 1.42. The molecule has 0 aromatic carbocycles. The van der Waals surface area contributed by atoms with Crippen LogP contribution in [0.5, 0.6) is 5.88 Å². The van der Waals surface area contributed by atoms with Gasteiger partial charge < -0.3 is 4.74 Å². The molecule has 1 aromatic rings. The number of rotatable bonds is 3. The van der Waals surface area contributed by atoms with E-state index in [-0.39, 0.29) is 6.10 Å². The number of nitrogens with zero attached hydrogens (tertiary/aromatic N) is 2. The van der Waals surface area contributed by atoms with Gasteiger partial charge in [0.25, 0.3) is 0 Å². The van der Waals surface area contributed by atoms with Crippen molar-refractivity contribution in [2.24, 2.45) is 5.92 Å². The maximum absolute atomic E-state index is 5.70. The molecule has 1 heterocycles. The van der Waals surface area contributed by atoms with E-state index >= 15 is 0 Å². The van der Waals surface area contributed by atoms with Gasteiger partial charge in [0, 0.05) is 12.4 Å². The molecule has 2 rings (SSSR count). The van der Waals surface area contributed by atoms with Crippen molar-refractivity contribution in [1.29, 1.82) is 0 Å². The fourth-order valence-corrected chi connectivity index (χ4v) is 1.35. The summed E-state index contributed by atoms with van der Waals surface area (Å²) in [6.07, 6.45) is 6.22. The van der Waals surface area contributed by atoms with Crippen LogP contribution in [-0.4, -0.2) is 16.1 Å². The number of aromatic nitrogens is 2. The van der Waals surface area contributed by atoms with Crippen LogP contribution >= 0.6 is 0 Å². The first-order valence-electron chi connectivity index (χ1n) is 4.71. The molecule has 13 heavy (non-hydrogen) atoms. The summed E-state index contributed by atoms with van der Waals surface area (Å²) in [4.78, 5) is 8.27. The molecule has 0 bridgehead atoms. The highest BCUT2D eigenvalue weighted by Gasteiger charge is 2.29. The quantitative estimate of drug-likeness (QED) is 0.709. The standard InChI is InChI=1S/C10H14N2O/c1-7-10(12-6-5-11-7)13-8(2)9-3-4-9/h5-6,8-9H,3-4H2,1-2H3. The predicted molar refractivity (Wildman–Crippen MR) is 49.6 cm³/mol. The van der Waals surface area contributed by atoms with E-state index in [0.717, 1.165) is 11.6 Å². The maximum atomic E-state index is 5.70. The lowest BCUT2D eigenvalue weighted by molar-refractivity contribution is 0.187. The van der Waals surface area contributed by atoms with Gasteiger partial charge in [-0.05, 0) is 32.6 Å². The monoisotopic (exact) mass is 178 g/mol. The van der Waals surface area contributed by atoms with Gasteiger partial charge >= 0.3 is 0 Å². The molecule has 1 fully saturated rings. The van der Waals surface area contributed by atoms with Gasteiger partial charge in [-0.1, -0.05) is 0 Å². The van der Waals surface area contributed by atoms with Crippen LogP contribution in [0, 0.1) is 12.8 Å². The Kier molecular flexibility index (Phi) is 2.17. The Morgan fingerprint density at radius 1 is 1.38 bits per heavy atom. The van der Waals surface area contributed by atoms with Gasteiger partial charge in [-0.3, -0.25) is 4.98 Å². The van der Waals surface area contributed by atoms with E-state index in [9.17, 15) is 0 Å². The number of hydrogen-bond acceptors (Lipinski definition) is 3. The molecule has 1 aliphatic carbocycles. The Labute approximate surface area is 78.2 Å². The van der Waals surface area contributed by atoms with E-state index in [0.29, 0.717) is 5.88 Å². The van der Waals surface area contributed by atoms with Crippen molar-refractivity contribution in [1.82, 2.24) is 9.97 Å². The fourth-order valence-electron chi connectivity index (χ4n) is 1.35. The van der Waals surface area contributed by atoms with Gasteiger partial charge in [-0.25, -0.2) is 4.98 Å². The summed E-state index contributed by atoms with van der Waals surface area (Å²) in [6.45, 7) is 4.02. The number of aryl methyl sites for hydroxylation is 1. The molecule has 1 unspecified atom stereocenters. The van der Waals surface area contributed by atoms with E-state index in [1.54, 1.807) is 12.4 Å². The lowest BCUT2D eigenvalue weighted by Gasteiger charge is -2.13. The smallest absolute Gasteiger partial charge is 0.235 e. The Morgan fingerprint density at radius 3 is 2.69 bits per heavy atom. The predicted octanol–water partition coefficient (Wildman–Crippen LogP) is 1.96. The minimum Gasteiger partial charge on any atom is -0.473 e. The van der Waals surface area contributed by atoms with Gasteiger partial charge in [0.2, 0.25) is 5.88 Å². The molecule has 3 heteroatoms. The summed E-state index contributed by atoms with van der Waals surface area (Å²) in [6, 6.07) is 0. The van der Waals surface area contributed by atoms with Crippen LogP contribution in [-0.2, 0) is 0 Å². The second-order valence-electron chi connectivity index (χ2n) is 3.61. The first-order chi connectivity index (χ1) is 6.27. The fraction of sp³-hybridized carbons (Fsp3) is 0.600. The zero-order valence-electron chi connectivity index (χ0n) is 8.03. The van der Waals surface area contributed by atoms with Crippen molar-refractivity contribution in [2.75, 3.05) is 0 Å². The summed E-state index contributed by atoms with van der Waals surface area (Å²) >= 11 is 0. The van der Waals surface area contributed by atoms with Crippen LogP contribution in [0.4, 0.5) is 0 Å². The Hall–Kier alpha value is -1.12. The minimum atomic E-state index is 0.287. The lowest BCUT2D eigenvalue weighted by Crippen LogP contribution is -2.15. The lowest BCUT2D eigenvalue weighted by atomic mass is 10.3. The molecular weight excluding hydrogens is 164 g/mol. The third-order valence-electron chi connectivity index (χ3n) is 2.42. The molecule has 0 saturated heterocycles. The van der Waals surface area contributed by atoms with Crippen LogP contribution in [0.15, 0.2) is 12.4 Å². The summed E-state index contributed by atoms with van der Waals surface area (Å²) in [5, 5.41) is 0. The molecule has 70 valence electrons. The molecule has 1 atom stereocenters. The second-order valence-corrected chi connectivity index (χ2v) is 3.61. The molecule has 0 amide bonds. The third-order valence-corrected chi connectivity index (χ3v) is 2.42. The summed E-state index contributed by atoms with van der Waals surface area (Å²) in [7, 11) is 0. The van der Waals surface area contributed by atoms with Crippen molar-refractivity contribution in [3.8, 4) is 5.88 Å². The molecule has 0 aliphatic heterocycles. The van der Waals surface area contributed by atoms with Crippen molar-refractivity contribution in [3.05, 3.63) is 18.1 Å². The van der Waals surface area contributed by atoms with Crippen molar-refractivity contribution >= 4 is 0 Å². The van der Waals surface area contributed by atoms with Crippen molar-refractivity contribution < 1.29 is 4.74 Å². The van der Waals surface area contributed by atoms with Crippen molar-refractivity contribution in [2.45, 2.75) is 32.8 Å². The average molecular weight is 178 g/mol. The van der Waals surface area contributed by atoms with Gasteiger partial charge in [0.1, 0.15) is 6.10 Å². The Balaban J connectivity index is 2.03. The molecule has 1 aliphatic rings. The van der Waals surface area contributed by atoms with E-state index in [2.05, 4.69) is 16.9 Å².